The van der Waals surface area contributed by atoms with Crippen LogP contribution in [0.25, 0.3) is 0 Å². The third-order valence-electron chi connectivity index (χ3n) is 4.56. The highest BCUT2D eigenvalue weighted by Crippen LogP contribution is 2.33. The first kappa shape index (κ1) is 15.4. The van der Waals surface area contributed by atoms with E-state index in [1.807, 2.05) is 27.7 Å². The van der Waals surface area contributed by atoms with Gasteiger partial charge in [-0.25, -0.2) is 0 Å². The molecule has 1 aliphatic carbocycles. The zero-order valence-corrected chi connectivity index (χ0v) is 12.4. The van der Waals surface area contributed by atoms with Crippen molar-refractivity contribution in [1.29, 1.82) is 0 Å². The molecule has 0 atom stereocenters. The molecule has 1 amide bonds. The largest absolute Gasteiger partial charge is 0.388 e. The van der Waals surface area contributed by atoms with Gasteiger partial charge in [0.25, 0.3) is 0 Å². The average Bonchev–Trinajstić information content (AvgIpc) is 2.61. The maximum Gasteiger partial charge on any atom is 0.229 e. The van der Waals surface area contributed by atoms with E-state index in [1.54, 1.807) is 11.9 Å². The third kappa shape index (κ3) is 3.04. The average molecular weight is 256 g/mol. The molecule has 0 aromatic carbocycles. The predicted octanol–water partition coefficient (Wildman–Crippen LogP) is 1.51. The van der Waals surface area contributed by atoms with Gasteiger partial charge in [0, 0.05) is 19.1 Å². The van der Waals surface area contributed by atoms with E-state index >= 15 is 0 Å². The quantitative estimate of drug-likeness (QED) is 0.801. The molecule has 0 radical (unpaired) electrons. The highest BCUT2D eigenvalue weighted by atomic mass is 16.3. The summed E-state index contributed by atoms with van der Waals surface area (Å²) in [5.74, 6) is -0.00433. The summed E-state index contributed by atoms with van der Waals surface area (Å²) < 4.78 is 0. The van der Waals surface area contributed by atoms with Crippen LogP contribution in [0, 0.1) is 5.41 Å². The first-order valence-electron chi connectivity index (χ1n) is 6.76. The molecule has 0 aliphatic heterocycles. The molecule has 0 heterocycles. The van der Waals surface area contributed by atoms with Crippen LogP contribution in [0.5, 0.6) is 0 Å². The Hall–Kier alpha value is -0.610. The first-order chi connectivity index (χ1) is 8.00. The van der Waals surface area contributed by atoms with Crippen molar-refractivity contribution in [2.75, 3.05) is 13.6 Å². The molecule has 4 nitrogen and oxygen atoms in total. The van der Waals surface area contributed by atoms with Crippen molar-refractivity contribution in [3.05, 3.63) is 0 Å². The maximum atomic E-state index is 12.5. The van der Waals surface area contributed by atoms with Gasteiger partial charge in [0.15, 0.2) is 0 Å². The van der Waals surface area contributed by atoms with Crippen LogP contribution < -0.4 is 5.73 Å². The Morgan fingerprint density at radius 3 is 2.11 bits per heavy atom. The molecule has 0 aromatic rings. The van der Waals surface area contributed by atoms with E-state index in [1.165, 1.54) is 0 Å². The molecule has 0 aromatic heterocycles. The topological polar surface area (TPSA) is 66.6 Å². The zero-order chi connectivity index (χ0) is 14.2. The summed E-state index contributed by atoms with van der Waals surface area (Å²) in [4.78, 5) is 14.1. The Morgan fingerprint density at radius 1 is 1.28 bits per heavy atom. The van der Waals surface area contributed by atoms with E-state index in [0.29, 0.717) is 6.54 Å². The van der Waals surface area contributed by atoms with Crippen molar-refractivity contribution in [2.45, 2.75) is 64.5 Å². The summed E-state index contributed by atoms with van der Waals surface area (Å²) in [6.45, 7) is 7.87. The molecule has 0 saturated heterocycles. The van der Waals surface area contributed by atoms with Gasteiger partial charge < -0.3 is 15.7 Å². The Bertz CT molecular complexity index is 312. The summed E-state index contributed by atoms with van der Waals surface area (Å²) in [5.41, 5.74) is 4.16. The Kier molecular flexibility index (Phi) is 4.13. The number of hydrogen-bond acceptors (Lipinski definition) is 3. The monoisotopic (exact) mass is 256 g/mol. The van der Waals surface area contributed by atoms with Crippen LogP contribution in [0.15, 0.2) is 0 Å². The van der Waals surface area contributed by atoms with Gasteiger partial charge in [0.2, 0.25) is 5.91 Å². The van der Waals surface area contributed by atoms with Gasteiger partial charge in [-0.1, -0.05) is 12.8 Å². The summed E-state index contributed by atoms with van der Waals surface area (Å²) >= 11 is 0. The molecular weight excluding hydrogens is 228 g/mol. The van der Waals surface area contributed by atoms with Crippen LogP contribution in [0.3, 0.4) is 0 Å². The number of hydrogen-bond donors (Lipinski definition) is 2. The Labute approximate surface area is 111 Å². The number of carbonyl (C=O) groups excluding carboxylic acids is 1. The van der Waals surface area contributed by atoms with E-state index in [2.05, 4.69) is 0 Å². The van der Waals surface area contributed by atoms with Crippen LogP contribution in [-0.4, -0.2) is 40.6 Å². The maximum absolute atomic E-state index is 12.5. The molecule has 18 heavy (non-hydrogen) atoms. The molecule has 4 heteroatoms. The molecule has 1 fully saturated rings. The lowest BCUT2D eigenvalue weighted by Gasteiger charge is -2.41. The fourth-order valence-corrected chi connectivity index (χ4v) is 2.46. The van der Waals surface area contributed by atoms with Crippen molar-refractivity contribution < 1.29 is 9.90 Å². The zero-order valence-electron chi connectivity index (χ0n) is 12.4. The van der Waals surface area contributed by atoms with Crippen molar-refractivity contribution in [2.24, 2.45) is 11.1 Å². The van der Waals surface area contributed by atoms with Crippen LogP contribution >= 0.6 is 0 Å². The summed E-state index contributed by atoms with van der Waals surface area (Å²) in [6, 6.07) is 0. The highest BCUT2D eigenvalue weighted by molar-refractivity contribution is 5.83. The molecular formula is C14H28N2O2. The van der Waals surface area contributed by atoms with Crippen molar-refractivity contribution in [1.82, 2.24) is 4.90 Å². The molecule has 1 rings (SSSR count). The summed E-state index contributed by atoms with van der Waals surface area (Å²) in [7, 11) is 1.76. The SMILES string of the molecule is CN(CC1(O)CCCC1)C(=O)C(C)(C)C(C)(C)N. The van der Waals surface area contributed by atoms with Crippen molar-refractivity contribution in [3.8, 4) is 0 Å². The molecule has 1 saturated carbocycles. The second kappa shape index (κ2) is 4.82. The predicted molar refractivity (Wildman–Crippen MR) is 73.1 cm³/mol. The van der Waals surface area contributed by atoms with Crippen LogP contribution in [-0.2, 0) is 4.79 Å². The van der Waals surface area contributed by atoms with E-state index in [-0.39, 0.29) is 5.91 Å². The van der Waals surface area contributed by atoms with E-state index in [9.17, 15) is 9.90 Å². The number of rotatable bonds is 4. The molecule has 3 N–H and O–H groups in total. The number of likely N-dealkylation sites (N-methyl/N-ethyl adjacent to an activating group) is 1. The van der Waals surface area contributed by atoms with Gasteiger partial charge in [-0.2, -0.15) is 0 Å². The summed E-state index contributed by atoms with van der Waals surface area (Å²) in [6.07, 6.45) is 3.67. The minimum absolute atomic E-state index is 0.00433. The number of aliphatic hydroxyl groups is 1. The van der Waals surface area contributed by atoms with E-state index in [0.717, 1.165) is 25.7 Å². The van der Waals surface area contributed by atoms with Crippen LogP contribution in [0.2, 0.25) is 0 Å². The van der Waals surface area contributed by atoms with E-state index in [4.69, 9.17) is 5.73 Å². The molecule has 0 unspecified atom stereocenters. The number of amides is 1. The number of nitrogens with zero attached hydrogens (tertiary/aromatic N) is 1. The van der Waals surface area contributed by atoms with Crippen molar-refractivity contribution >= 4 is 5.91 Å². The Morgan fingerprint density at radius 2 is 1.72 bits per heavy atom. The van der Waals surface area contributed by atoms with Crippen LogP contribution in [0.1, 0.15) is 53.4 Å². The van der Waals surface area contributed by atoms with Gasteiger partial charge in [-0.3, -0.25) is 4.79 Å². The third-order valence-corrected chi connectivity index (χ3v) is 4.56. The van der Waals surface area contributed by atoms with Gasteiger partial charge in [-0.05, 0) is 40.5 Å². The lowest BCUT2D eigenvalue weighted by Crippen LogP contribution is -2.57. The van der Waals surface area contributed by atoms with Gasteiger partial charge >= 0.3 is 0 Å². The minimum Gasteiger partial charge on any atom is -0.388 e. The van der Waals surface area contributed by atoms with Gasteiger partial charge in [0.1, 0.15) is 0 Å². The smallest absolute Gasteiger partial charge is 0.229 e. The van der Waals surface area contributed by atoms with Gasteiger partial charge in [-0.15, -0.1) is 0 Å². The lowest BCUT2D eigenvalue weighted by atomic mass is 9.74. The first-order valence-corrected chi connectivity index (χ1v) is 6.76. The standard InChI is InChI=1S/C14H28N2O2/c1-12(2,13(3,4)15)11(17)16(5)10-14(18)8-6-7-9-14/h18H,6-10,15H2,1-5H3. The lowest BCUT2D eigenvalue weighted by molar-refractivity contribution is -0.145. The molecule has 1 aliphatic rings. The van der Waals surface area contributed by atoms with Crippen molar-refractivity contribution in [3.63, 3.8) is 0 Å². The normalized spacial score (nSPS) is 19.9. The van der Waals surface area contributed by atoms with Crippen LogP contribution in [0.4, 0.5) is 0 Å². The molecule has 106 valence electrons. The minimum atomic E-state index is -0.695. The van der Waals surface area contributed by atoms with E-state index < -0.39 is 16.6 Å². The second-order valence-electron chi connectivity index (χ2n) is 6.94. The number of nitrogens with two attached hydrogens (primary N) is 1. The van der Waals surface area contributed by atoms with Gasteiger partial charge in [0.05, 0.1) is 11.0 Å². The molecule has 0 bridgehead atoms. The number of carbonyl (C=O) groups is 1. The fraction of sp³-hybridized carbons (Fsp3) is 0.929. The highest BCUT2D eigenvalue weighted by Gasteiger charge is 2.43. The summed E-state index contributed by atoms with van der Waals surface area (Å²) in [5, 5.41) is 10.4. The Balaban J connectivity index is 2.72. The second-order valence-corrected chi connectivity index (χ2v) is 6.94. The fourth-order valence-electron chi connectivity index (χ4n) is 2.46. The molecule has 0 spiro atoms.